The lowest BCUT2D eigenvalue weighted by Crippen LogP contribution is -2.43. The molecule has 0 radical (unpaired) electrons. The Kier molecular flexibility index (Phi) is 7.33. The summed E-state index contributed by atoms with van der Waals surface area (Å²) in [7, 11) is 0. The van der Waals surface area contributed by atoms with Gasteiger partial charge in [0.25, 0.3) is 0 Å². The lowest BCUT2D eigenvalue weighted by Gasteiger charge is -2.38. The molecule has 0 aliphatic carbocycles. The minimum atomic E-state index is -0.143. The van der Waals surface area contributed by atoms with Gasteiger partial charge in [-0.3, -0.25) is 4.90 Å². The summed E-state index contributed by atoms with van der Waals surface area (Å²) in [6.45, 7) is 12.2. The van der Waals surface area contributed by atoms with Gasteiger partial charge in [-0.15, -0.1) is 0 Å². The Morgan fingerprint density at radius 3 is 2.29 bits per heavy atom. The van der Waals surface area contributed by atoms with E-state index in [1.807, 2.05) is 19.1 Å². The molecule has 21 heavy (non-hydrogen) atoms. The highest BCUT2D eigenvalue weighted by Gasteiger charge is 2.27. The number of hydrogen-bond donors (Lipinski definition) is 1. The maximum Gasteiger partial charge on any atom is 0.128 e. The average Bonchev–Trinajstić information content (AvgIpc) is 2.44. The molecule has 0 bridgehead atoms. The zero-order valence-electron chi connectivity index (χ0n) is 14.2. The fourth-order valence-corrected chi connectivity index (χ4v) is 3.07. The number of benzene rings is 1. The predicted molar refractivity (Wildman–Crippen MR) is 88.8 cm³/mol. The molecule has 0 spiro atoms. The van der Waals surface area contributed by atoms with Crippen LogP contribution in [0.15, 0.2) is 18.2 Å². The summed E-state index contributed by atoms with van der Waals surface area (Å²) >= 11 is 0. The summed E-state index contributed by atoms with van der Waals surface area (Å²) in [4.78, 5) is 2.41. The molecule has 0 saturated carbocycles. The van der Waals surface area contributed by atoms with Crippen LogP contribution < -0.4 is 5.73 Å². The van der Waals surface area contributed by atoms with Gasteiger partial charge in [-0.2, -0.15) is 0 Å². The van der Waals surface area contributed by atoms with Crippen LogP contribution in [-0.4, -0.2) is 24.0 Å². The molecule has 1 unspecified atom stereocenters. The van der Waals surface area contributed by atoms with Gasteiger partial charge in [0.05, 0.1) is 6.04 Å². The van der Waals surface area contributed by atoms with Crippen molar-refractivity contribution in [3.63, 3.8) is 0 Å². The topological polar surface area (TPSA) is 29.3 Å². The van der Waals surface area contributed by atoms with Crippen LogP contribution in [-0.2, 0) is 0 Å². The van der Waals surface area contributed by atoms with Crippen molar-refractivity contribution in [3.05, 3.63) is 35.1 Å². The SMILES string of the molecule is CCC(CC)N(CC(C)C)C(CN)c1cc(C)ccc1F. The number of aryl methyl sites for hydroxylation is 1. The molecule has 1 atom stereocenters. The molecule has 0 heterocycles. The smallest absolute Gasteiger partial charge is 0.128 e. The van der Waals surface area contributed by atoms with Crippen molar-refractivity contribution in [2.75, 3.05) is 13.1 Å². The van der Waals surface area contributed by atoms with Gasteiger partial charge in [0.1, 0.15) is 5.82 Å². The molecule has 0 amide bonds. The quantitative estimate of drug-likeness (QED) is 0.775. The summed E-state index contributed by atoms with van der Waals surface area (Å²) < 4.78 is 14.3. The molecule has 0 aliphatic heterocycles. The average molecular weight is 294 g/mol. The van der Waals surface area contributed by atoms with E-state index in [-0.39, 0.29) is 11.9 Å². The van der Waals surface area contributed by atoms with E-state index in [9.17, 15) is 4.39 Å². The lowest BCUT2D eigenvalue weighted by molar-refractivity contribution is 0.110. The molecule has 0 fully saturated rings. The van der Waals surface area contributed by atoms with Crippen molar-refractivity contribution >= 4 is 0 Å². The van der Waals surface area contributed by atoms with E-state index in [2.05, 4.69) is 32.6 Å². The second-order valence-electron chi connectivity index (χ2n) is 6.34. The number of rotatable bonds is 8. The van der Waals surface area contributed by atoms with Crippen LogP contribution in [0.2, 0.25) is 0 Å². The molecule has 2 N–H and O–H groups in total. The molecule has 1 aromatic rings. The summed E-state index contributed by atoms with van der Waals surface area (Å²) in [5.41, 5.74) is 7.86. The first-order valence-electron chi connectivity index (χ1n) is 8.16. The Balaban J connectivity index is 3.19. The molecule has 0 aliphatic rings. The third-order valence-corrected chi connectivity index (χ3v) is 4.12. The Bertz CT molecular complexity index is 427. The molecule has 2 nitrogen and oxygen atoms in total. The summed E-state index contributed by atoms with van der Waals surface area (Å²) in [6.07, 6.45) is 2.13. The molecule has 3 heteroatoms. The van der Waals surface area contributed by atoms with Crippen molar-refractivity contribution in [1.29, 1.82) is 0 Å². The highest BCUT2D eigenvalue weighted by atomic mass is 19.1. The van der Waals surface area contributed by atoms with E-state index < -0.39 is 0 Å². The zero-order valence-corrected chi connectivity index (χ0v) is 14.2. The van der Waals surface area contributed by atoms with E-state index >= 15 is 0 Å². The molecule has 120 valence electrons. The van der Waals surface area contributed by atoms with Crippen molar-refractivity contribution in [2.24, 2.45) is 11.7 Å². The summed E-state index contributed by atoms with van der Waals surface area (Å²) in [6, 6.07) is 5.73. The normalized spacial score (nSPS) is 13.4. The first-order chi connectivity index (χ1) is 9.94. The predicted octanol–water partition coefficient (Wildman–Crippen LogP) is 4.28. The van der Waals surface area contributed by atoms with Crippen LogP contribution in [0.5, 0.6) is 0 Å². The molecule has 1 rings (SSSR count). The molecule has 1 aromatic carbocycles. The summed E-state index contributed by atoms with van der Waals surface area (Å²) in [5.74, 6) is 0.392. The van der Waals surface area contributed by atoms with Crippen molar-refractivity contribution in [2.45, 2.75) is 59.5 Å². The van der Waals surface area contributed by atoms with E-state index in [0.29, 0.717) is 18.5 Å². The Labute approximate surface area is 129 Å². The maximum atomic E-state index is 14.3. The highest BCUT2D eigenvalue weighted by molar-refractivity contribution is 5.27. The second kappa shape index (κ2) is 8.50. The van der Waals surface area contributed by atoms with E-state index in [1.165, 1.54) is 0 Å². The van der Waals surface area contributed by atoms with Crippen molar-refractivity contribution in [1.82, 2.24) is 4.90 Å². The second-order valence-corrected chi connectivity index (χ2v) is 6.34. The number of nitrogens with two attached hydrogens (primary N) is 1. The largest absolute Gasteiger partial charge is 0.329 e. The van der Waals surface area contributed by atoms with Gasteiger partial charge in [0, 0.05) is 24.7 Å². The van der Waals surface area contributed by atoms with Gasteiger partial charge >= 0.3 is 0 Å². The van der Waals surface area contributed by atoms with Gasteiger partial charge in [-0.05, 0) is 31.7 Å². The first-order valence-corrected chi connectivity index (χ1v) is 8.16. The van der Waals surface area contributed by atoms with Crippen LogP contribution in [0.1, 0.15) is 57.7 Å². The highest BCUT2D eigenvalue weighted by Crippen LogP contribution is 2.28. The number of hydrogen-bond acceptors (Lipinski definition) is 2. The Morgan fingerprint density at radius 2 is 1.81 bits per heavy atom. The van der Waals surface area contributed by atoms with E-state index in [1.54, 1.807) is 6.07 Å². The van der Waals surface area contributed by atoms with Crippen LogP contribution in [0, 0.1) is 18.7 Å². The van der Waals surface area contributed by atoms with Crippen molar-refractivity contribution in [3.8, 4) is 0 Å². The lowest BCUT2D eigenvalue weighted by atomic mass is 9.97. The first kappa shape index (κ1) is 18.1. The van der Waals surface area contributed by atoms with Gasteiger partial charge < -0.3 is 5.73 Å². The molecular formula is C18H31FN2. The molecular weight excluding hydrogens is 263 g/mol. The third kappa shape index (κ3) is 4.79. The molecule has 0 saturated heterocycles. The van der Waals surface area contributed by atoms with Crippen LogP contribution in [0.3, 0.4) is 0 Å². The Morgan fingerprint density at radius 1 is 1.19 bits per heavy atom. The summed E-state index contributed by atoms with van der Waals surface area (Å²) in [5, 5.41) is 0. The van der Waals surface area contributed by atoms with Gasteiger partial charge in [0.2, 0.25) is 0 Å². The van der Waals surface area contributed by atoms with Gasteiger partial charge in [-0.25, -0.2) is 4.39 Å². The number of halogens is 1. The minimum absolute atomic E-state index is 0.0443. The van der Waals surface area contributed by atoms with E-state index in [0.717, 1.165) is 30.5 Å². The Hall–Kier alpha value is -0.930. The maximum absolute atomic E-state index is 14.3. The number of nitrogens with zero attached hydrogens (tertiary/aromatic N) is 1. The fourth-order valence-electron chi connectivity index (χ4n) is 3.07. The van der Waals surface area contributed by atoms with Crippen LogP contribution >= 0.6 is 0 Å². The molecule has 0 aromatic heterocycles. The third-order valence-electron chi connectivity index (χ3n) is 4.12. The van der Waals surface area contributed by atoms with Gasteiger partial charge in [0.15, 0.2) is 0 Å². The minimum Gasteiger partial charge on any atom is -0.329 e. The monoisotopic (exact) mass is 294 g/mol. The zero-order chi connectivity index (χ0) is 16.0. The standard InChI is InChI=1S/C18H31FN2/c1-6-15(7-2)21(12-13(3)4)18(11-20)16-10-14(5)8-9-17(16)19/h8-10,13,15,18H,6-7,11-12,20H2,1-5H3. The van der Waals surface area contributed by atoms with Crippen LogP contribution in [0.25, 0.3) is 0 Å². The van der Waals surface area contributed by atoms with E-state index in [4.69, 9.17) is 5.73 Å². The van der Waals surface area contributed by atoms with Gasteiger partial charge in [-0.1, -0.05) is 45.4 Å². The van der Waals surface area contributed by atoms with Crippen LogP contribution in [0.4, 0.5) is 4.39 Å². The van der Waals surface area contributed by atoms with Crippen molar-refractivity contribution < 1.29 is 4.39 Å². The fraction of sp³-hybridized carbons (Fsp3) is 0.667.